The highest BCUT2D eigenvalue weighted by atomic mass is 16.5. The van der Waals surface area contributed by atoms with E-state index in [0.717, 1.165) is 0 Å². The normalized spacial score (nSPS) is 14.8. The zero-order valence-electron chi connectivity index (χ0n) is 19.7. The van der Waals surface area contributed by atoms with Crippen molar-refractivity contribution in [2.45, 2.75) is 12.3 Å². The van der Waals surface area contributed by atoms with Crippen LogP contribution in [0.4, 0.5) is 0 Å². The highest BCUT2D eigenvalue weighted by molar-refractivity contribution is 5.93. The zero-order chi connectivity index (χ0) is 25.6. The van der Waals surface area contributed by atoms with Gasteiger partial charge in [0.1, 0.15) is 39.7 Å². The Hall–Kier alpha value is -4.66. The number of hydrogen-bond acceptors (Lipinski definition) is 9. The van der Waals surface area contributed by atoms with Crippen molar-refractivity contribution in [3.05, 3.63) is 69.9 Å². The van der Waals surface area contributed by atoms with Gasteiger partial charge in [-0.3, -0.25) is 9.59 Å². The monoisotopic (exact) mass is 490 g/mol. The van der Waals surface area contributed by atoms with E-state index in [1.54, 1.807) is 30.3 Å². The Morgan fingerprint density at radius 2 is 1.58 bits per heavy atom. The van der Waals surface area contributed by atoms with Crippen molar-refractivity contribution < 1.29 is 38.4 Å². The van der Waals surface area contributed by atoms with E-state index < -0.39 is 17.3 Å². The predicted molar refractivity (Wildman–Crippen MR) is 129 cm³/mol. The maximum atomic E-state index is 13.1. The molecule has 0 fully saturated rings. The average Bonchev–Trinajstić information content (AvgIpc) is 2.87. The molecule has 4 aromatic rings. The van der Waals surface area contributed by atoms with Gasteiger partial charge in [0.15, 0.2) is 16.9 Å². The van der Waals surface area contributed by atoms with Crippen LogP contribution < -0.4 is 24.4 Å². The molecule has 36 heavy (non-hydrogen) atoms. The van der Waals surface area contributed by atoms with Gasteiger partial charge in [-0.05, 0) is 35.9 Å². The van der Waals surface area contributed by atoms with Crippen LogP contribution in [0, 0.1) is 0 Å². The van der Waals surface area contributed by atoms with Crippen molar-refractivity contribution in [2.75, 3.05) is 21.3 Å². The molecular weight excluding hydrogens is 468 g/mol. The number of phenols is 2. The van der Waals surface area contributed by atoms with E-state index in [0.29, 0.717) is 28.2 Å². The van der Waals surface area contributed by atoms with Crippen molar-refractivity contribution in [1.82, 2.24) is 0 Å². The second-order valence-corrected chi connectivity index (χ2v) is 8.25. The molecule has 0 spiro atoms. The first kappa shape index (κ1) is 23.1. The minimum absolute atomic E-state index is 0.0412. The van der Waals surface area contributed by atoms with Crippen molar-refractivity contribution in [2.24, 2.45) is 0 Å². The fourth-order valence-corrected chi connectivity index (χ4v) is 4.46. The fourth-order valence-electron chi connectivity index (χ4n) is 4.46. The van der Waals surface area contributed by atoms with Crippen LogP contribution in [0.25, 0.3) is 22.3 Å². The van der Waals surface area contributed by atoms with Crippen molar-refractivity contribution >= 4 is 16.9 Å². The highest BCUT2D eigenvalue weighted by Crippen LogP contribution is 2.47. The lowest BCUT2D eigenvalue weighted by Gasteiger charge is -2.26. The number of esters is 1. The van der Waals surface area contributed by atoms with E-state index in [9.17, 15) is 19.8 Å². The molecule has 1 aliphatic heterocycles. The lowest BCUT2D eigenvalue weighted by atomic mass is 9.85. The summed E-state index contributed by atoms with van der Waals surface area (Å²) in [6, 6.07) is 12.3. The number of aromatic hydroxyl groups is 2. The van der Waals surface area contributed by atoms with Crippen LogP contribution in [-0.2, 0) is 4.79 Å². The number of phenolic OH excluding ortho intramolecular Hbond substituents is 2. The number of hydrogen-bond donors (Lipinski definition) is 2. The number of benzene rings is 3. The molecule has 0 unspecified atom stereocenters. The van der Waals surface area contributed by atoms with Crippen LogP contribution in [0.1, 0.15) is 23.5 Å². The standard InChI is InChI=1S/C27H22O9/c1-32-15-6-14(7-16(9-15)33-2)17-10-24(31)35-23-12-20(30)26-19(29)11-22(36-27(26)25(17)23)13-4-5-21(34-3)18(28)8-13/h4-9,11-12,17,28,30H,10H2,1-3H3/t17-/m0/s1. The largest absolute Gasteiger partial charge is 0.507 e. The summed E-state index contributed by atoms with van der Waals surface area (Å²) in [5, 5.41) is 20.8. The molecule has 0 bridgehead atoms. The number of carbonyl (C=O) groups is 1. The van der Waals surface area contributed by atoms with Gasteiger partial charge in [0.05, 0.1) is 27.8 Å². The molecule has 1 aromatic heterocycles. The number of rotatable bonds is 5. The van der Waals surface area contributed by atoms with Crippen molar-refractivity contribution in [3.8, 4) is 45.8 Å². The molecule has 0 radical (unpaired) electrons. The van der Waals surface area contributed by atoms with Gasteiger partial charge >= 0.3 is 5.97 Å². The topological polar surface area (TPSA) is 125 Å². The van der Waals surface area contributed by atoms with Crippen LogP contribution in [0.5, 0.6) is 34.5 Å². The van der Waals surface area contributed by atoms with Crippen LogP contribution in [0.3, 0.4) is 0 Å². The van der Waals surface area contributed by atoms with Crippen LogP contribution in [-0.4, -0.2) is 37.5 Å². The fraction of sp³-hybridized carbons (Fsp3) is 0.185. The number of ether oxygens (including phenoxy) is 4. The molecule has 9 heteroatoms. The van der Waals surface area contributed by atoms with E-state index in [-0.39, 0.29) is 46.1 Å². The summed E-state index contributed by atoms with van der Waals surface area (Å²) in [4.78, 5) is 25.7. The molecule has 9 nitrogen and oxygen atoms in total. The summed E-state index contributed by atoms with van der Waals surface area (Å²) in [5.41, 5.74) is 1.08. The van der Waals surface area contributed by atoms with Crippen LogP contribution >= 0.6 is 0 Å². The molecule has 5 rings (SSSR count). The Bertz CT molecular complexity index is 1550. The summed E-state index contributed by atoms with van der Waals surface area (Å²) in [6.45, 7) is 0. The summed E-state index contributed by atoms with van der Waals surface area (Å²) < 4.78 is 27.5. The Morgan fingerprint density at radius 3 is 2.22 bits per heavy atom. The average molecular weight is 490 g/mol. The van der Waals surface area contributed by atoms with Crippen molar-refractivity contribution in [1.29, 1.82) is 0 Å². The summed E-state index contributed by atoms with van der Waals surface area (Å²) in [7, 11) is 4.46. The maximum absolute atomic E-state index is 13.1. The third-order valence-electron chi connectivity index (χ3n) is 6.16. The molecule has 2 N–H and O–H groups in total. The third-order valence-corrected chi connectivity index (χ3v) is 6.16. The van der Waals surface area contributed by atoms with Gasteiger partial charge in [-0.1, -0.05) is 0 Å². The maximum Gasteiger partial charge on any atom is 0.312 e. The van der Waals surface area contributed by atoms with E-state index in [1.165, 1.54) is 39.5 Å². The first-order valence-corrected chi connectivity index (χ1v) is 11.0. The minimum atomic E-state index is -0.587. The van der Waals surface area contributed by atoms with E-state index in [2.05, 4.69) is 0 Å². The van der Waals surface area contributed by atoms with Gasteiger partial charge in [0.2, 0.25) is 0 Å². The predicted octanol–water partition coefficient (Wildman–Crippen LogP) is 4.34. The quantitative estimate of drug-likeness (QED) is 0.310. The molecule has 0 saturated carbocycles. The molecule has 1 aliphatic rings. The SMILES string of the molecule is COc1cc(OC)cc([C@@H]2CC(=O)Oc3cc(O)c4c(=O)cc(-c5ccc(OC)c(O)c5)oc4c32)c1. The number of methoxy groups -OCH3 is 3. The van der Waals surface area contributed by atoms with E-state index in [4.69, 9.17) is 23.4 Å². The second kappa shape index (κ2) is 8.84. The molecule has 184 valence electrons. The van der Waals surface area contributed by atoms with E-state index in [1.807, 2.05) is 0 Å². The smallest absolute Gasteiger partial charge is 0.312 e. The first-order valence-electron chi connectivity index (χ1n) is 11.0. The van der Waals surface area contributed by atoms with Gasteiger partial charge in [0.25, 0.3) is 0 Å². The number of fused-ring (bicyclic) bond motifs is 3. The summed E-state index contributed by atoms with van der Waals surface area (Å²) >= 11 is 0. The Morgan fingerprint density at radius 1 is 0.861 bits per heavy atom. The first-order chi connectivity index (χ1) is 17.3. The summed E-state index contributed by atoms with van der Waals surface area (Å²) in [6.07, 6.45) is -0.0412. The van der Waals surface area contributed by atoms with Crippen LogP contribution in [0.15, 0.2) is 57.7 Å². The van der Waals surface area contributed by atoms with Crippen LogP contribution in [0.2, 0.25) is 0 Å². The molecule has 0 aliphatic carbocycles. The van der Waals surface area contributed by atoms with Gasteiger partial charge in [-0.2, -0.15) is 0 Å². The van der Waals surface area contributed by atoms with Gasteiger partial charge in [-0.25, -0.2) is 0 Å². The Balaban J connectivity index is 1.79. The Labute approximate surface area is 205 Å². The lowest BCUT2D eigenvalue weighted by Crippen LogP contribution is -2.22. The van der Waals surface area contributed by atoms with Gasteiger partial charge in [-0.15, -0.1) is 0 Å². The lowest BCUT2D eigenvalue weighted by molar-refractivity contribution is -0.135. The van der Waals surface area contributed by atoms with Gasteiger partial charge < -0.3 is 33.6 Å². The Kier molecular flexibility index (Phi) is 5.68. The molecule has 3 aromatic carbocycles. The minimum Gasteiger partial charge on any atom is -0.507 e. The molecular formula is C27H22O9. The number of carbonyl (C=O) groups excluding carboxylic acids is 1. The zero-order valence-corrected chi connectivity index (χ0v) is 19.7. The second-order valence-electron chi connectivity index (χ2n) is 8.25. The van der Waals surface area contributed by atoms with Crippen molar-refractivity contribution in [3.63, 3.8) is 0 Å². The third kappa shape index (κ3) is 3.84. The molecule has 0 amide bonds. The van der Waals surface area contributed by atoms with E-state index >= 15 is 0 Å². The molecule has 0 saturated heterocycles. The summed E-state index contributed by atoms with van der Waals surface area (Å²) in [5.74, 6) is -0.0756. The van der Waals surface area contributed by atoms with Gasteiger partial charge in [0, 0.05) is 35.2 Å². The molecule has 2 heterocycles. The highest BCUT2D eigenvalue weighted by Gasteiger charge is 2.34. The molecule has 1 atom stereocenters.